The van der Waals surface area contributed by atoms with Crippen molar-refractivity contribution in [2.75, 3.05) is 0 Å². The second-order valence-electron chi connectivity index (χ2n) is 11.9. The van der Waals surface area contributed by atoms with Gasteiger partial charge in [-0.15, -0.1) is 0 Å². The molecule has 1 aliphatic heterocycles. The van der Waals surface area contributed by atoms with Crippen molar-refractivity contribution in [1.82, 2.24) is 0 Å². The molecule has 1 spiro atoms. The number of carbonyl (C=O) groups excluding carboxylic acids is 4. The molecule has 1 N–H and O–H groups in total. The quantitative estimate of drug-likeness (QED) is 0.186. The van der Waals surface area contributed by atoms with E-state index in [4.69, 9.17) is 23.7 Å². The number of benzene rings is 1. The monoisotopic (exact) mass is 596 g/mol. The molecule has 232 valence electrons. The Bertz CT molecular complexity index is 1340. The van der Waals surface area contributed by atoms with Crippen LogP contribution in [0.1, 0.15) is 71.2 Å². The van der Waals surface area contributed by atoms with Gasteiger partial charge in [0, 0.05) is 26.3 Å². The van der Waals surface area contributed by atoms with Gasteiger partial charge in [-0.25, -0.2) is 4.79 Å². The molecule has 2 fully saturated rings. The topological polar surface area (TPSA) is 135 Å². The van der Waals surface area contributed by atoms with E-state index in [0.29, 0.717) is 18.4 Å². The summed E-state index contributed by atoms with van der Waals surface area (Å²) in [5.74, 6) is -2.83. The van der Waals surface area contributed by atoms with E-state index in [9.17, 15) is 24.3 Å². The molecule has 1 aromatic rings. The van der Waals surface area contributed by atoms with Gasteiger partial charge in [-0.05, 0) is 73.8 Å². The molecular formula is C33H40O10. The maximum absolute atomic E-state index is 13.2. The summed E-state index contributed by atoms with van der Waals surface area (Å²) in [5.41, 5.74) is -0.120. The second kappa shape index (κ2) is 12.4. The largest absolute Gasteiger partial charge is 0.508 e. The van der Waals surface area contributed by atoms with Crippen LogP contribution in [0.25, 0.3) is 0 Å². The van der Waals surface area contributed by atoms with Gasteiger partial charge in [-0.1, -0.05) is 38.2 Å². The molecule has 1 aromatic carbocycles. The summed E-state index contributed by atoms with van der Waals surface area (Å²) in [6.45, 7) is 13.8. The fourth-order valence-corrected chi connectivity index (χ4v) is 6.98. The van der Waals surface area contributed by atoms with Crippen LogP contribution in [0.4, 0.5) is 0 Å². The number of esters is 4. The van der Waals surface area contributed by atoms with Crippen molar-refractivity contribution in [1.29, 1.82) is 0 Å². The van der Waals surface area contributed by atoms with Crippen molar-refractivity contribution in [3.8, 4) is 5.75 Å². The van der Waals surface area contributed by atoms with Gasteiger partial charge in [0.2, 0.25) is 12.6 Å². The highest BCUT2D eigenvalue weighted by molar-refractivity contribution is 5.89. The van der Waals surface area contributed by atoms with Crippen LogP contribution in [-0.2, 0) is 38.1 Å². The van der Waals surface area contributed by atoms with E-state index in [0.717, 1.165) is 5.57 Å². The van der Waals surface area contributed by atoms with Gasteiger partial charge in [0.25, 0.3) is 0 Å². The van der Waals surface area contributed by atoms with E-state index in [1.807, 2.05) is 6.92 Å². The molecule has 0 unspecified atom stereocenters. The van der Waals surface area contributed by atoms with Crippen LogP contribution in [0.5, 0.6) is 5.75 Å². The zero-order valence-corrected chi connectivity index (χ0v) is 25.5. The minimum absolute atomic E-state index is 0.0105. The third-order valence-electron chi connectivity index (χ3n) is 9.22. The molecule has 8 atom stereocenters. The molecule has 4 rings (SSSR count). The Morgan fingerprint density at radius 1 is 0.977 bits per heavy atom. The fraction of sp³-hybridized carbons (Fsp3) is 0.515. The maximum atomic E-state index is 13.2. The molecular weight excluding hydrogens is 556 g/mol. The number of phenols is 1. The van der Waals surface area contributed by atoms with Crippen LogP contribution in [0.2, 0.25) is 0 Å². The van der Waals surface area contributed by atoms with Gasteiger partial charge in [-0.2, -0.15) is 0 Å². The normalized spacial score (nSPS) is 33.3. The van der Waals surface area contributed by atoms with E-state index in [-0.39, 0.29) is 23.7 Å². The highest BCUT2D eigenvalue weighted by Gasteiger charge is 2.72. The van der Waals surface area contributed by atoms with E-state index >= 15 is 0 Å². The first-order chi connectivity index (χ1) is 20.2. The van der Waals surface area contributed by atoms with Crippen molar-refractivity contribution in [2.24, 2.45) is 22.7 Å². The minimum Gasteiger partial charge on any atom is -0.508 e. The Morgan fingerprint density at radius 2 is 1.60 bits per heavy atom. The summed E-state index contributed by atoms with van der Waals surface area (Å²) in [4.78, 5) is 50.4. The first-order valence-corrected chi connectivity index (χ1v) is 14.4. The van der Waals surface area contributed by atoms with Gasteiger partial charge in [0.05, 0.1) is 5.56 Å². The number of phenolic OH excluding ortho intramolecular Hbond substituents is 1. The van der Waals surface area contributed by atoms with Crippen molar-refractivity contribution in [3.63, 3.8) is 0 Å². The van der Waals surface area contributed by atoms with Crippen LogP contribution in [0.15, 0.2) is 60.2 Å². The number of rotatable bonds is 8. The maximum Gasteiger partial charge on any atom is 0.338 e. The van der Waals surface area contributed by atoms with Gasteiger partial charge < -0.3 is 24.1 Å². The van der Waals surface area contributed by atoms with Gasteiger partial charge in [0.1, 0.15) is 23.4 Å². The summed E-state index contributed by atoms with van der Waals surface area (Å²) in [7, 11) is 0. The summed E-state index contributed by atoms with van der Waals surface area (Å²) >= 11 is 0. The predicted molar refractivity (Wildman–Crippen MR) is 154 cm³/mol. The van der Waals surface area contributed by atoms with E-state index in [1.54, 1.807) is 12.2 Å². The minimum atomic E-state index is -1.28. The molecule has 0 aromatic heterocycles. The predicted octanol–water partition coefficient (Wildman–Crippen LogP) is 5.16. The second-order valence-corrected chi connectivity index (χ2v) is 11.9. The smallest absolute Gasteiger partial charge is 0.338 e. The lowest BCUT2D eigenvalue weighted by atomic mass is 9.45. The van der Waals surface area contributed by atoms with Crippen LogP contribution >= 0.6 is 0 Å². The Balaban J connectivity index is 1.92. The number of aromatic hydroxyl groups is 1. The summed E-state index contributed by atoms with van der Waals surface area (Å²) in [5, 5.41) is 9.66. The van der Waals surface area contributed by atoms with Crippen LogP contribution in [0, 0.1) is 22.7 Å². The SMILES string of the molecule is C=C/C(C)=C/C[C@]1(C)[C@H](C)C[C@H](OC(C)=O)[C@@]23C(=C[C@H](OC(=O)c4ccc(O)cc4)C[C@@H]12)[C@@H](OC(C)=O)O[C@H]3OC(C)=O. The van der Waals surface area contributed by atoms with Crippen LogP contribution in [0.3, 0.4) is 0 Å². The number of carbonyl (C=O) groups is 4. The average Bonchev–Trinajstić information content (AvgIpc) is 3.21. The standard InChI is InChI=1S/C33H40O10/c1-8-18(2)13-14-32(7)19(3)15-28(39-20(4)34)33-26(30(40-21(5)35)43-31(33)41-22(6)36)16-25(17-27(32)33)42-29(38)23-9-11-24(37)12-10-23/h8-13,16,19,25,27-28,30-31,37H,1,14-15,17H2,2-7H3/b18-13+/t19-,25+,27+,28+,30+,31-,32-,33-/m1/s1. The molecule has 0 bridgehead atoms. The molecule has 10 heteroatoms. The summed E-state index contributed by atoms with van der Waals surface area (Å²) < 4.78 is 29.5. The Hall–Kier alpha value is -3.92. The summed E-state index contributed by atoms with van der Waals surface area (Å²) in [6, 6.07) is 5.71. The van der Waals surface area contributed by atoms with Gasteiger partial charge in [0.15, 0.2) is 0 Å². The Labute approximate surface area is 251 Å². The van der Waals surface area contributed by atoms with Crippen LogP contribution in [-0.4, -0.2) is 53.8 Å². The highest BCUT2D eigenvalue weighted by Crippen LogP contribution is 2.67. The molecule has 1 saturated heterocycles. The van der Waals surface area contributed by atoms with Gasteiger partial charge in [-0.3, -0.25) is 19.1 Å². The Morgan fingerprint density at radius 3 is 2.19 bits per heavy atom. The molecule has 0 amide bonds. The van der Waals surface area contributed by atoms with Crippen molar-refractivity contribution in [2.45, 2.75) is 85.6 Å². The lowest BCUT2D eigenvalue weighted by Gasteiger charge is -2.60. The third-order valence-corrected chi connectivity index (χ3v) is 9.22. The molecule has 1 saturated carbocycles. The molecule has 43 heavy (non-hydrogen) atoms. The van der Waals surface area contributed by atoms with Crippen molar-refractivity contribution in [3.05, 3.63) is 65.8 Å². The van der Waals surface area contributed by atoms with E-state index < -0.39 is 65.4 Å². The highest BCUT2D eigenvalue weighted by atomic mass is 16.8. The first kappa shape index (κ1) is 32.0. The lowest BCUT2D eigenvalue weighted by molar-refractivity contribution is -0.256. The molecule has 1 heterocycles. The Kier molecular flexibility index (Phi) is 9.20. The first-order valence-electron chi connectivity index (χ1n) is 14.4. The van der Waals surface area contributed by atoms with E-state index in [1.165, 1.54) is 45.0 Å². The zero-order chi connectivity index (χ0) is 31.7. The number of ether oxygens (including phenoxy) is 5. The molecule has 3 aliphatic rings. The number of hydrogen-bond acceptors (Lipinski definition) is 10. The van der Waals surface area contributed by atoms with Crippen LogP contribution < -0.4 is 0 Å². The average molecular weight is 597 g/mol. The molecule has 10 nitrogen and oxygen atoms in total. The lowest BCUT2D eigenvalue weighted by Crippen LogP contribution is -2.63. The fourth-order valence-electron chi connectivity index (χ4n) is 6.98. The molecule has 2 aliphatic carbocycles. The van der Waals surface area contributed by atoms with Crippen molar-refractivity contribution >= 4 is 23.9 Å². The zero-order valence-electron chi connectivity index (χ0n) is 25.5. The number of allylic oxidation sites excluding steroid dienone is 3. The third kappa shape index (κ3) is 6.11. The number of hydrogen-bond donors (Lipinski definition) is 1. The molecule has 0 radical (unpaired) electrons. The summed E-state index contributed by atoms with van der Waals surface area (Å²) in [6.07, 6.45) is 2.68. The van der Waals surface area contributed by atoms with Crippen molar-refractivity contribution < 1.29 is 48.0 Å². The van der Waals surface area contributed by atoms with E-state index in [2.05, 4.69) is 26.5 Å². The van der Waals surface area contributed by atoms with Gasteiger partial charge >= 0.3 is 23.9 Å².